The number of nitrogens with zero attached hydrogens (tertiary/aromatic N) is 1. The first-order valence-corrected chi connectivity index (χ1v) is 6.99. The summed E-state index contributed by atoms with van der Waals surface area (Å²) in [4.78, 5) is 0. The zero-order chi connectivity index (χ0) is 12.6. The third-order valence-electron chi connectivity index (χ3n) is 2.78. The Balaban J connectivity index is 2.50. The summed E-state index contributed by atoms with van der Waals surface area (Å²) in [5, 5.41) is 0. The highest BCUT2D eigenvalue weighted by atomic mass is 32.2. The second kappa shape index (κ2) is 4.10. The predicted molar refractivity (Wildman–Crippen MR) is 67.7 cm³/mol. The summed E-state index contributed by atoms with van der Waals surface area (Å²) >= 11 is 0. The smallest absolute Gasteiger partial charge is 0.235 e. The highest BCUT2D eigenvalue weighted by molar-refractivity contribution is 7.93. The molecule has 0 amide bonds. The Bertz CT molecular complexity index is 528. The summed E-state index contributed by atoms with van der Waals surface area (Å²) in [6.45, 7) is 2.39. The molecule has 0 spiro atoms. The van der Waals surface area contributed by atoms with E-state index < -0.39 is 10.0 Å². The van der Waals surface area contributed by atoms with E-state index in [9.17, 15) is 8.42 Å². The lowest BCUT2D eigenvalue weighted by Crippen LogP contribution is -2.25. The van der Waals surface area contributed by atoms with Gasteiger partial charge in [-0.25, -0.2) is 8.42 Å². The minimum Gasteiger partial charge on any atom is -0.495 e. The van der Waals surface area contributed by atoms with E-state index in [0.29, 0.717) is 23.7 Å². The van der Waals surface area contributed by atoms with Gasteiger partial charge in [-0.1, -0.05) is 6.92 Å². The van der Waals surface area contributed by atoms with Gasteiger partial charge in [0.05, 0.1) is 18.6 Å². The molecule has 0 aromatic heterocycles. The summed E-state index contributed by atoms with van der Waals surface area (Å²) in [5.41, 5.74) is 6.74. The molecule has 0 saturated carbocycles. The maximum absolute atomic E-state index is 12.0. The van der Waals surface area contributed by atoms with Crippen LogP contribution in [0.1, 0.15) is 6.92 Å². The van der Waals surface area contributed by atoms with Gasteiger partial charge in [0.2, 0.25) is 10.0 Å². The van der Waals surface area contributed by atoms with E-state index in [4.69, 9.17) is 10.5 Å². The molecule has 94 valence electrons. The first kappa shape index (κ1) is 12.0. The predicted octanol–water partition coefficient (Wildman–Crippen LogP) is 1.06. The summed E-state index contributed by atoms with van der Waals surface area (Å²) < 4.78 is 30.5. The lowest BCUT2D eigenvalue weighted by atomic mass is 10.2. The first-order chi connectivity index (χ1) is 7.94. The highest BCUT2D eigenvalue weighted by Crippen LogP contribution is 2.35. The van der Waals surface area contributed by atoms with Crippen LogP contribution in [0.4, 0.5) is 11.4 Å². The molecule has 6 heteroatoms. The normalized spacial score (nSPS) is 22.7. The summed E-state index contributed by atoms with van der Waals surface area (Å²) in [6.07, 6.45) is 0. The van der Waals surface area contributed by atoms with E-state index in [0.717, 1.165) is 0 Å². The van der Waals surface area contributed by atoms with Crippen molar-refractivity contribution in [2.24, 2.45) is 5.92 Å². The molecule has 0 radical (unpaired) electrons. The van der Waals surface area contributed by atoms with Gasteiger partial charge >= 0.3 is 0 Å². The van der Waals surface area contributed by atoms with Crippen LogP contribution in [-0.2, 0) is 10.0 Å². The molecule has 17 heavy (non-hydrogen) atoms. The van der Waals surface area contributed by atoms with E-state index in [1.807, 2.05) is 6.92 Å². The van der Waals surface area contributed by atoms with Crippen LogP contribution in [0.3, 0.4) is 0 Å². The fourth-order valence-electron chi connectivity index (χ4n) is 2.05. The van der Waals surface area contributed by atoms with E-state index in [1.165, 1.54) is 11.4 Å². The Morgan fingerprint density at radius 3 is 2.71 bits per heavy atom. The molecular weight excluding hydrogens is 240 g/mol. The van der Waals surface area contributed by atoms with Gasteiger partial charge in [0.1, 0.15) is 5.75 Å². The van der Waals surface area contributed by atoms with E-state index in [-0.39, 0.29) is 11.7 Å². The molecule has 1 atom stereocenters. The van der Waals surface area contributed by atoms with Gasteiger partial charge in [-0.3, -0.25) is 4.31 Å². The Labute approximate surface area is 101 Å². The Kier molecular flexibility index (Phi) is 2.91. The Morgan fingerprint density at radius 2 is 2.18 bits per heavy atom. The molecule has 1 aliphatic rings. The van der Waals surface area contributed by atoms with Crippen LogP contribution in [0.15, 0.2) is 18.2 Å². The molecule has 2 N–H and O–H groups in total. The third-order valence-corrected chi connectivity index (χ3v) is 4.79. The number of nitrogens with two attached hydrogens (primary N) is 1. The quantitative estimate of drug-likeness (QED) is 0.803. The molecule has 1 fully saturated rings. The van der Waals surface area contributed by atoms with Crippen LogP contribution in [0.5, 0.6) is 5.75 Å². The zero-order valence-electron chi connectivity index (χ0n) is 9.88. The number of hydrogen-bond donors (Lipinski definition) is 1. The number of benzene rings is 1. The number of nitrogen functional groups attached to an aromatic ring is 1. The van der Waals surface area contributed by atoms with Gasteiger partial charge in [-0.15, -0.1) is 0 Å². The molecule has 1 unspecified atom stereocenters. The molecule has 0 aliphatic carbocycles. The number of sulfonamides is 1. The van der Waals surface area contributed by atoms with Crippen LogP contribution >= 0.6 is 0 Å². The molecule has 2 rings (SSSR count). The Hall–Kier alpha value is -1.43. The Morgan fingerprint density at radius 1 is 1.47 bits per heavy atom. The van der Waals surface area contributed by atoms with Crippen molar-refractivity contribution in [3.05, 3.63) is 18.2 Å². The topological polar surface area (TPSA) is 72.6 Å². The maximum atomic E-state index is 12.0. The second-order valence-electron chi connectivity index (χ2n) is 4.35. The van der Waals surface area contributed by atoms with Crippen LogP contribution in [0, 0.1) is 5.92 Å². The summed E-state index contributed by atoms with van der Waals surface area (Å²) in [7, 11) is -1.73. The molecule has 1 aromatic carbocycles. The number of rotatable bonds is 2. The molecule has 0 bridgehead atoms. The number of ether oxygens (including phenoxy) is 1. The highest BCUT2D eigenvalue weighted by Gasteiger charge is 2.35. The fourth-order valence-corrected chi connectivity index (χ4v) is 3.98. The van der Waals surface area contributed by atoms with Crippen LogP contribution in [0.25, 0.3) is 0 Å². The van der Waals surface area contributed by atoms with Crippen LogP contribution < -0.4 is 14.8 Å². The molecule has 5 nitrogen and oxygen atoms in total. The average Bonchev–Trinajstić information content (AvgIpc) is 2.51. The van der Waals surface area contributed by atoms with Gasteiger partial charge in [-0.05, 0) is 24.1 Å². The zero-order valence-corrected chi connectivity index (χ0v) is 10.7. The van der Waals surface area contributed by atoms with Crippen molar-refractivity contribution in [2.45, 2.75) is 6.92 Å². The van der Waals surface area contributed by atoms with E-state index in [1.54, 1.807) is 18.2 Å². The standard InChI is InChI=1S/C11H16N2O3S/c1-8-6-13(17(14,15)7-8)10-5-9(12)3-4-11(10)16-2/h3-5,8H,6-7,12H2,1-2H3. The van der Waals surface area contributed by atoms with E-state index >= 15 is 0 Å². The molecule has 1 aliphatic heterocycles. The molecule has 1 heterocycles. The third kappa shape index (κ3) is 2.17. The lowest BCUT2D eigenvalue weighted by molar-refractivity contribution is 0.415. The fraction of sp³-hybridized carbons (Fsp3) is 0.455. The van der Waals surface area contributed by atoms with Crippen molar-refractivity contribution >= 4 is 21.4 Å². The van der Waals surface area contributed by atoms with Crippen molar-refractivity contribution < 1.29 is 13.2 Å². The van der Waals surface area contributed by atoms with Gasteiger partial charge in [-0.2, -0.15) is 0 Å². The molecular formula is C11H16N2O3S. The van der Waals surface area contributed by atoms with Crippen molar-refractivity contribution in [2.75, 3.05) is 29.4 Å². The van der Waals surface area contributed by atoms with Crippen molar-refractivity contribution in [3.63, 3.8) is 0 Å². The summed E-state index contributed by atoms with van der Waals surface area (Å²) in [6, 6.07) is 5.01. The van der Waals surface area contributed by atoms with Crippen molar-refractivity contribution in [1.82, 2.24) is 0 Å². The minimum absolute atomic E-state index is 0.117. The summed E-state index contributed by atoms with van der Waals surface area (Å²) in [5.74, 6) is 0.813. The first-order valence-electron chi connectivity index (χ1n) is 5.38. The monoisotopic (exact) mass is 256 g/mol. The van der Waals surface area contributed by atoms with Crippen LogP contribution in [-0.4, -0.2) is 27.8 Å². The largest absolute Gasteiger partial charge is 0.495 e. The lowest BCUT2D eigenvalue weighted by Gasteiger charge is -2.20. The number of methoxy groups -OCH3 is 1. The van der Waals surface area contributed by atoms with Gasteiger partial charge in [0.25, 0.3) is 0 Å². The maximum Gasteiger partial charge on any atom is 0.235 e. The van der Waals surface area contributed by atoms with Crippen molar-refractivity contribution in [3.8, 4) is 5.75 Å². The second-order valence-corrected chi connectivity index (χ2v) is 6.28. The van der Waals surface area contributed by atoms with Gasteiger partial charge in [0, 0.05) is 12.2 Å². The minimum atomic E-state index is -3.24. The SMILES string of the molecule is COc1ccc(N)cc1N1CC(C)CS1(=O)=O. The number of hydrogen-bond acceptors (Lipinski definition) is 4. The number of anilines is 2. The van der Waals surface area contributed by atoms with Gasteiger partial charge < -0.3 is 10.5 Å². The van der Waals surface area contributed by atoms with Gasteiger partial charge in [0.15, 0.2) is 0 Å². The van der Waals surface area contributed by atoms with E-state index in [2.05, 4.69) is 0 Å². The molecule has 1 aromatic rings. The van der Waals surface area contributed by atoms with Crippen LogP contribution in [0.2, 0.25) is 0 Å². The van der Waals surface area contributed by atoms with Crippen molar-refractivity contribution in [1.29, 1.82) is 0 Å². The average molecular weight is 256 g/mol. The molecule has 1 saturated heterocycles.